The SMILES string of the molecule is CN=C(NCCN(C)C1CCCCC1)N1CCC(C(=O)OC)CC1.I. The van der Waals surface area contributed by atoms with Gasteiger partial charge in [-0.2, -0.15) is 0 Å². The molecule has 1 heterocycles. The van der Waals surface area contributed by atoms with Gasteiger partial charge in [0.25, 0.3) is 0 Å². The molecule has 146 valence electrons. The third-order valence-corrected chi connectivity index (χ3v) is 5.49. The zero-order valence-electron chi connectivity index (χ0n) is 16.0. The molecule has 0 unspecified atom stereocenters. The van der Waals surface area contributed by atoms with E-state index in [-0.39, 0.29) is 35.9 Å². The molecule has 0 aromatic rings. The lowest BCUT2D eigenvalue weighted by Gasteiger charge is -2.34. The smallest absolute Gasteiger partial charge is 0.308 e. The zero-order chi connectivity index (χ0) is 17.4. The molecule has 2 aliphatic rings. The molecule has 0 aromatic heterocycles. The molecule has 0 amide bonds. The van der Waals surface area contributed by atoms with Crippen molar-refractivity contribution in [3.05, 3.63) is 0 Å². The molecular weight excluding hydrogens is 431 g/mol. The van der Waals surface area contributed by atoms with E-state index in [0.29, 0.717) is 0 Å². The number of piperidine rings is 1. The number of halogens is 1. The summed E-state index contributed by atoms with van der Waals surface area (Å²) in [5.41, 5.74) is 0. The lowest BCUT2D eigenvalue weighted by molar-refractivity contribution is -0.146. The van der Waals surface area contributed by atoms with Gasteiger partial charge >= 0.3 is 5.97 Å². The summed E-state index contributed by atoms with van der Waals surface area (Å²) in [6, 6.07) is 0.748. The van der Waals surface area contributed by atoms with Gasteiger partial charge in [-0.3, -0.25) is 9.79 Å². The second-order valence-corrected chi connectivity index (χ2v) is 7.03. The molecule has 1 aliphatic heterocycles. The molecular formula is C18H35IN4O2. The second kappa shape index (κ2) is 11.9. The third-order valence-electron chi connectivity index (χ3n) is 5.49. The van der Waals surface area contributed by atoms with Crippen molar-refractivity contribution in [2.24, 2.45) is 10.9 Å². The number of aliphatic imine (C=N–C) groups is 1. The van der Waals surface area contributed by atoms with E-state index in [4.69, 9.17) is 4.74 Å². The number of guanidine groups is 1. The maximum absolute atomic E-state index is 11.6. The molecule has 1 aliphatic carbocycles. The molecule has 2 fully saturated rings. The van der Waals surface area contributed by atoms with Crippen molar-refractivity contribution in [1.29, 1.82) is 0 Å². The van der Waals surface area contributed by atoms with Gasteiger partial charge in [0.2, 0.25) is 0 Å². The minimum atomic E-state index is -0.0771. The van der Waals surface area contributed by atoms with Crippen LogP contribution >= 0.6 is 24.0 Å². The highest BCUT2D eigenvalue weighted by atomic mass is 127. The number of likely N-dealkylation sites (tertiary alicyclic amines) is 1. The highest BCUT2D eigenvalue weighted by Gasteiger charge is 2.27. The number of likely N-dealkylation sites (N-methyl/N-ethyl adjacent to an activating group) is 1. The molecule has 1 saturated heterocycles. The van der Waals surface area contributed by atoms with Crippen LogP contribution < -0.4 is 5.32 Å². The fourth-order valence-electron chi connectivity index (χ4n) is 3.87. The summed E-state index contributed by atoms with van der Waals surface area (Å²) in [4.78, 5) is 20.8. The molecule has 7 heteroatoms. The Kier molecular flexibility index (Phi) is 10.7. The summed E-state index contributed by atoms with van der Waals surface area (Å²) in [6.45, 7) is 3.68. The van der Waals surface area contributed by atoms with Crippen LogP contribution in [-0.4, -0.2) is 75.2 Å². The van der Waals surface area contributed by atoms with Gasteiger partial charge in [0, 0.05) is 39.3 Å². The molecule has 0 radical (unpaired) electrons. The Balaban J connectivity index is 0.00000312. The van der Waals surface area contributed by atoms with Gasteiger partial charge in [-0.05, 0) is 32.7 Å². The Hall–Kier alpha value is -0.570. The summed E-state index contributed by atoms with van der Waals surface area (Å²) in [6.07, 6.45) is 8.51. The number of methoxy groups -OCH3 is 1. The Morgan fingerprint density at radius 1 is 1.20 bits per heavy atom. The third kappa shape index (κ3) is 6.92. The minimum Gasteiger partial charge on any atom is -0.469 e. The number of nitrogens with one attached hydrogen (secondary N) is 1. The molecule has 0 bridgehead atoms. The van der Waals surface area contributed by atoms with E-state index in [0.717, 1.165) is 51.0 Å². The molecule has 0 aromatic carbocycles. The van der Waals surface area contributed by atoms with Gasteiger partial charge in [0.05, 0.1) is 13.0 Å². The Morgan fingerprint density at radius 2 is 1.84 bits per heavy atom. The minimum absolute atomic E-state index is 0. The van der Waals surface area contributed by atoms with E-state index in [1.54, 1.807) is 0 Å². The average Bonchev–Trinajstić information content (AvgIpc) is 2.65. The van der Waals surface area contributed by atoms with Crippen LogP contribution in [0.3, 0.4) is 0 Å². The van der Waals surface area contributed by atoms with E-state index < -0.39 is 0 Å². The average molecular weight is 466 g/mol. The quantitative estimate of drug-likeness (QED) is 0.292. The molecule has 6 nitrogen and oxygen atoms in total. The van der Waals surface area contributed by atoms with Gasteiger partial charge in [-0.1, -0.05) is 19.3 Å². The van der Waals surface area contributed by atoms with Crippen molar-refractivity contribution in [3.8, 4) is 0 Å². The first-order valence-corrected chi connectivity index (χ1v) is 9.39. The van der Waals surface area contributed by atoms with E-state index in [9.17, 15) is 4.79 Å². The zero-order valence-corrected chi connectivity index (χ0v) is 18.3. The molecule has 1 N–H and O–H groups in total. The molecule has 0 atom stereocenters. The predicted molar refractivity (Wildman–Crippen MR) is 113 cm³/mol. The van der Waals surface area contributed by atoms with Gasteiger partial charge < -0.3 is 19.9 Å². The maximum Gasteiger partial charge on any atom is 0.308 e. The van der Waals surface area contributed by atoms with Crippen molar-refractivity contribution < 1.29 is 9.53 Å². The number of hydrogen-bond acceptors (Lipinski definition) is 4. The number of hydrogen-bond donors (Lipinski definition) is 1. The van der Waals surface area contributed by atoms with E-state index in [2.05, 4.69) is 27.2 Å². The second-order valence-electron chi connectivity index (χ2n) is 7.03. The standard InChI is InChI=1S/C18H34N4O2.HI/c1-19-18(22-12-9-15(10-13-22)17(23)24-3)20-11-14-21(2)16-7-5-4-6-8-16;/h15-16H,4-14H2,1-3H3,(H,19,20);1H. The summed E-state index contributed by atoms with van der Waals surface area (Å²) >= 11 is 0. The molecule has 25 heavy (non-hydrogen) atoms. The number of nitrogens with zero attached hydrogens (tertiary/aromatic N) is 3. The normalized spacial score (nSPS) is 20.3. The van der Waals surface area contributed by atoms with E-state index in [1.165, 1.54) is 39.2 Å². The van der Waals surface area contributed by atoms with Crippen LogP contribution in [0.1, 0.15) is 44.9 Å². The van der Waals surface area contributed by atoms with Crippen molar-refractivity contribution in [2.75, 3.05) is 47.4 Å². The van der Waals surface area contributed by atoms with Gasteiger partial charge in [-0.25, -0.2) is 0 Å². The van der Waals surface area contributed by atoms with Gasteiger partial charge in [0.15, 0.2) is 5.96 Å². The van der Waals surface area contributed by atoms with E-state index in [1.807, 2.05) is 7.05 Å². The molecule has 0 spiro atoms. The van der Waals surface area contributed by atoms with Crippen molar-refractivity contribution in [1.82, 2.24) is 15.1 Å². The lowest BCUT2D eigenvalue weighted by atomic mass is 9.94. The fraction of sp³-hybridized carbons (Fsp3) is 0.889. The van der Waals surface area contributed by atoms with Crippen molar-refractivity contribution in [2.45, 2.75) is 51.0 Å². The summed E-state index contributed by atoms with van der Waals surface area (Å²) in [7, 11) is 5.54. The number of carbonyl (C=O) groups excluding carboxylic acids is 1. The first-order chi connectivity index (χ1) is 11.7. The van der Waals surface area contributed by atoms with Crippen LogP contribution in [-0.2, 0) is 9.53 Å². The summed E-state index contributed by atoms with van der Waals surface area (Å²) in [5, 5.41) is 3.49. The highest BCUT2D eigenvalue weighted by Crippen LogP contribution is 2.21. The van der Waals surface area contributed by atoms with Crippen LogP contribution in [0, 0.1) is 5.92 Å². The van der Waals surface area contributed by atoms with Crippen molar-refractivity contribution in [3.63, 3.8) is 0 Å². The lowest BCUT2D eigenvalue weighted by Crippen LogP contribution is -2.48. The van der Waals surface area contributed by atoms with Gasteiger partial charge in [-0.15, -0.1) is 24.0 Å². The Morgan fingerprint density at radius 3 is 2.40 bits per heavy atom. The predicted octanol–water partition coefficient (Wildman–Crippen LogP) is 2.33. The van der Waals surface area contributed by atoms with Crippen molar-refractivity contribution >= 4 is 35.9 Å². The number of carbonyl (C=O) groups is 1. The van der Waals surface area contributed by atoms with Crippen LogP contribution in [0.15, 0.2) is 4.99 Å². The van der Waals surface area contributed by atoms with Crippen LogP contribution in [0.2, 0.25) is 0 Å². The maximum atomic E-state index is 11.6. The monoisotopic (exact) mass is 466 g/mol. The van der Waals surface area contributed by atoms with Crippen LogP contribution in [0.5, 0.6) is 0 Å². The number of ether oxygens (including phenoxy) is 1. The largest absolute Gasteiger partial charge is 0.469 e. The van der Waals surface area contributed by atoms with Crippen LogP contribution in [0.4, 0.5) is 0 Å². The topological polar surface area (TPSA) is 57.2 Å². The van der Waals surface area contributed by atoms with Crippen LogP contribution in [0.25, 0.3) is 0 Å². The molecule has 1 saturated carbocycles. The highest BCUT2D eigenvalue weighted by molar-refractivity contribution is 14.0. The number of rotatable bonds is 5. The first kappa shape index (κ1) is 22.5. The molecule has 2 rings (SSSR count). The fourth-order valence-corrected chi connectivity index (χ4v) is 3.87. The first-order valence-electron chi connectivity index (χ1n) is 9.39. The van der Waals surface area contributed by atoms with Gasteiger partial charge in [0.1, 0.15) is 0 Å². The number of esters is 1. The Bertz CT molecular complexity index is 419. The van der Waals surface area contributed by atoms with E-state index >= 15 is 0 Å². The summed E-state index contributed by atoms with van der Waals surface area (Å²) < 4.78 is 4.85. The Labute approximate surface area is 169 Å². The summed E-state index contributed by atoms with van der Waals surface area (Å²) in [5.74, 6) is 0.920.